The average Bonchev–Trinajstić information content (AvgIpc) is 3.09. The van der Waals surface area contributed by atoms with E-state index >= 15 is 0 Å². The fourth-order valence-electron chi connectivity index (χ4n) is 4.84. The van der Waals surface area contributed by atoms with E-state index in [9.17, 15) is 19.2 Å². The number of nitrogens with one attached hydrogen (secondary N) is 1. The molecule has 2 aliphatic rings. The lowest BCUT2D eigenvalue weighted by molar-refractivity contribution is -0.161. The first-order valence-electron chi connectivity index (χ1n) is 11.8. The Labute approximate surface area is 195 Å². The van der Waals surface area contributed by atoms with Crippen LogP contribution in [0.4, 0.5) is 5.69 Å². The van der Waals surface area contributed by atoms with E-state index in [0.717, 1.165) is 19.3 Å². The largest absolute Gasteiger partial charge is 0.452 e. The smallest absolute Gasteiger partial charge is 0.354 e. The molecule has 180 valence electrons. The van der Waals surface area contributed by atoms with Gasteiger partial charge >= 0.3 is 5.97 Å². The molecule has 0 saturated carbocycles. The molecular weight excluding hydrogens is 422 g/mol. The monoisotopic (exact) mass is 457 g/mol. The first-order chi connectivity index (χ1) is 15.6. The number of para-hydroxylation sites is 1. The highest BCUT2D eigenvalue weighted by atomic mass is 16.5. The summed E-state index contributed by atoms with van der Waals surface area (Å²) in [6, 6.07) is 6.39. The molecule has 0 spiro atoms. The van der Waals surface area contributed by atoms with Gasteiger partial charge in [-0.1, -0.05) is 38.8 Å². The van der Waals surface area contributed by atoms with E-state index in [2.05, 4.69) is 19.2 Å². The zero-order valence-corrected chi connectivity index (χ0v) is 20.2. The number of benzene rings is 1. The van der Waals surface area contributed by atoms with Crippen LogP contribution in [0.2, 0.25) is 0 Å². The van der Waals surface area contributed by atoms with Gasteiger partial charge in [0, 0.05) is 24.9 Å². The maximum atomic E-state index is 13.5. The summed E-state index contributed by atoms with van der Waals surface area (Å²) < 4.78 is 5.44. The maximum Gasteiger partial charge on any atom is 0.354 e. The summed E-state index contributed by atoms with van der Waals surface area (Å²) in [4.78, 5) is 54.9. The summed E-state index contributed by atoms with van der Waals surface area (Å²) in [5.74, 6) is -1.12. The molecule has 3 rings (SSSR count). The second-order valence-electron chi connectivity index (χ2n) is 9.70. The van der Waals surface area contributed by atoms with Crippen molar-refractivity contribution >= 4 is 29.4 Å². The minimum atomic E-state index is -1.58. The van der Waals surface area contributed by atoms with Crippen LogP contribution in [0.3, 0.4) is 0 Å². The average molecular weight is 458 g/mol. The summed E-state index contributed by atoms with van der Waals surface area (Å²) in [7, 11) is 0. The topological polar surface area (TPSA) is 96.0 Å². The van der Waals surface area contributed by atoms with Crippen molar-refractivity contribution in [2.45, 2.75) is 84.5 Å². The third kappa shape index (κ3) is 4.75. The SMILES string of the molecule is CC(C)CCC[C@H](C)NC(=O)COC(=O)[C@]12CCC(=O)N1c1ccccc1C(=O)N2C(C)C. The van der Waals surface area contributed by atoms with Gasteiger partial charge < -0.3 is 15.0 Å². The van der Waals surface area contributed by atoms with Gasteiger partial charge in [-0.2, -0.15) is 0 Å². The molecule has 2 heterocycles. The molecule has 2 atom stereocenters. The molecule has 2 aliphatic heterocycles. The highest BCUT2D eigenvalue weighted by Crippen LogP contribution is 2.45. The van der Waals surface area contributed by atoms with Gasteiger partial charge in [-0.25, -0.2) is 4.79 Å². The number of hydrogen-bond acceptors (Lipinski definition) is 5. The molecule has 8 heteroatoms. The summed E-state index contributed by atoms with van der Waals surface area (Å²) in [5, 5.41) is 2.86. The molecule has 1 saturated heterocycles. The third-order valence-corrected chi connectivity index (χ3v) is 6.30. The number of rotatable bonds is 9. The Kier molecular flexibility index (Phi) is 7.44. The zero-order chi connectivity index (χ0) is 24.3. The van der Waals surface area contributed by atoms with Crippen LogP contribution in [0.1, 0.15) is 77.1 Å². The number of fused-ring (bicyclic) bond motifs is 3. The van der Waals surface area contributed by atoms with Gasteiger partial charge in [0.15, 0.2) is 6.61 Å². The maximum absolute atomic E-state index is 13.5. The number of esters is 1. The molecule has 0 bridgehead atoms. The van der Waals surface area contributed by atoms with Gasteiger partial charge in [0.2, 0.25) is 11.6 Å². The van der Waals surface area contributed by atoms with E-state index < -0.39 is 24.1 Å². The van der Waals surface area contributed by atoms with Crippen LogP contribution in [0.25, 0.3) is 0 Å². The quantitative estimate of drug-likeness (QED) is 0.574. The van der Waals surface area contributed by atoms with Gasteiger partial charge in [0.05, 0.1) is 11.3 Å². The van der Waals surface area contributed by atoms with E-state index in [0.29, 0.717) is 17.2 Å². The van der Waals surface area contributed by atoms with E-state index in [1.165, 1.54) is 9.80 Å². The summed E-state index contributed by atoms with van der Waals surface area (Å²) in [6.07, 6.45) is 3.16. The lowest BCUT2D eigenvalue weighted by atomic mass is 9.95. The highest BCUT2D eigenvalue weighted by molar-refractivity contribution is 6.15. The number of amides is 3. The van der Waals surface area contributed by atoms with E-state index in [4.69, 9.17) is 4.74 Å². The molecule has 0 aromatic heterocycles. The van der Waals surface area contributed by atoms with Crippen LogP contribution in [0, 0.1) is 5.92 Å². The van der Waals surface area contributed by atoms with Crippen molar-refractivity contribution in [1.82, 2.24) is 10.2 Å². The highest BCUT2D eigenvalue weighted by Gasteiger charge is 2.62. The number of anilines is 1. The Morgan fingerprint density at radius 3 is 2.45 bits per heavy atom. The molecule has 0 radical (unpaired) electrons. The van der Waals surface area contributed by atoms with Gasteiger partial charge in [0.1, 0.15) is 0 Å². The number of nitrogens with zero attached hydrogens (tertiary/aromatic N) is 2. The second kappa shape index (κ2) is 9.93. The minimum absolute atomic E-state index is 0.0343. The van der Waals surface area contributed by atoms with Crippen molar-refractivity contribution in [1.29, 1.82) is 0 Å². The molecule has 3 amide bonds. The van der Waals surface area contributed by atoms with E-state index in [1.807, 2.05) is 6.92 Å². The summed E-state index contributed by atoms with van der Waals surface area (Å²) >= 11 is 0. The zero-order valence-electron chi connectivity index (χ0n) is 20.2. The van der Waals surface area contributed by atoms with Crippen LogP contribution < -0.4 is 10.2 Å². The standard InChI is InChI=1S/C25H35N3O5/c1-16(2)9-8-10-18(5)26-21(29)15-33-24(32)25-14-13-22(30)28(25)20-12-7-6-11-19(20)23(31)27(25)17(3)4/h6-7,11-12,16-18H,8-10,13-15H2,1-5H3,(H,26,29)/t18-,25-/m0/s1. The van der Waals surface area contributed by atoms with Gasteiger partial charge in [-0.15, -0.1) is 0 Å². The van der Waals surface area contributed by atoms with E-state index in [1.54, 1.807) is 38.1 Å². The normalized spacial score (nSPS) is 20.7. The van der Waals surface area contributed by atoms with Gasteiger partial charge in [0.25, 0.3) is 11.8 Å². The number of carbonyl (C=O) groups is 4. The van der Waals surface area contributed by atoms with Crippen LogP contribution in [0.5, 0.6) is 0 Å². The first-order valence-corrected chi connectivity index (χ1v) is 11.8. The third-order valence-electron chi connectivity index (χ3n) is 6.30. The van der Waals surface area contributed by atoms with Crippen LogP contribution in [-0.4, -0.2) is 52.9 Å². The predicted molar refractivity (Wildman–Crippen MR) is 124 cm³/mol. The van der Waals surface area contributed by atoms with Crippen molar-refractivity contribution in [2.75, 3.05) is 11.5 Å². The molecule has 0 aliphatic carbocycles. The van der Waals surface area contributed by atoms with Gasteiger partial charge in [-0.05, 0) is 45.2 Å². The Morgan fingerprint density at radius 1 is 1.09 bits per heavy atom. The number of hydrogen-bond donors (Lipinski definition) is 1. The Bertz CT molecular complexity index is 928. The first kappa shape index (κ1) is 24.7. The fraction of sp³-hybridized carbons (Fsp3) is 0.600. The molecule has 33 heavy (non-hydrogen) atoms. The molecule has 1 aromatic carbocycles. The minimum Gasteiger partial charge on any atom is -0.452 e. The van der Waals surface area contributed by atoms with E-state index in [-0.39, 0.29) is 36.7 Å². The van der Waals surface area contributed by atoms with Gasteiger partial charge in [-0.3, -0.25) is 19.3 Å². The molecular formula is C25H35N3O5. The Balaban J connectivity index is 1.77. The Hall–Kier alpha value is -2.90. The summed E-state index contributed by atoms with van der Waals surface area (Å²) in [5.41, 5.74) is -0.806. The van der Waals surface area contributed by atoms with Crippen LogP contribution in [0.15, 0.2) is 24.3 Å². The van der Waals surface area contributed by atoms with Crippen molar-refractivity contribution in [3.63, 3.8) is 0 Å². The Morgan fingerprint density at radius 2 is 1.79 bits per heavy atom. The van der Waals surface area contributed by atoms with Crippen LogP contribution in [-0.2, 0) is 19.1 Å². The molecule has 0 unspecified atom stereocenters. The number of carbonyl (C=O) groups excluding carboxylic acids is 4. The molecule has 1 fully saturated rings. The molecule has 1 N–H and O–H groups in total. The molecule has 1 aromatic rings. The lowest BCUT2D eigenvalue weighted by Gasteiger charge is -2.50. The van der Waals surface area contributed by atoms with Crippen molar-refractivity contribution < 1.29 is 23.9 Å². The summed E-state index contributed by atoms with van der Waals surface area (Å²) in [6.45, 7) is 9.38. The molecule has 8 nitrogen and oxygen atoms in total. The second-order valence-corrected chi connectivity index (χ2v) is 9.70. The predicted octanol–water partition coefficient (Wildman–Crippen LogP) is 3.25. The number of ether oxygens (including phenoxy) is 1. The lowest BCUT2D eigenvalue weighted by Crippen LogP contribution is -2.70. The van der Waals surface area contributed by atoms with Crippen molar-refractivity contribution in [2.24, 2.45) is 5.92 Å². The van der Waals surface area contributed by atoms with Crippen molar-refractivity contribution in [3.05, 3.63) is 29.8 Å². The fourth-order valence-corrected chi connectivity index (χ4v) is 4.84. The van der Waals surface area contributed by atoms with Crippen LogP contribution >= 0.6 is 0 Å². The van der Waals surface area contributed by atoms with Crippen molar-refractivity contribution in [3.8, 4) is 0 Å².